The van der Waals surface area contributed by atoms with Crippen molar-refractivity contribution in [3.63, 3.8) is 0 Å². The first-order valence-corrected chi connectivity index (χ1v) is 17.2. The highest BCUT2D eigenvalue weighted by atomic mass is 16.5. The van der Waals surface area contributed by atoms with Gasteiger partial charge in [0.25, 0.3) is 5.91 Å². The van der Waals surface area contributed by atoms with E-state index >= 15 is 0 Å². The topological polar surface area (TPSA) is 182 Å². The summed E-state index contributed by atoms with van der Waals surface area (Å²) in [4.78, 5) is 38.8. The Morgan fingerprint density at radius 3 is 2.33 bits per heavy atom. The van der Waals surface area contributed by atoms with Crippen molar-refractivity contribution in [1.82, 2.24) is 20.9 Å². The van der Waals surface area contributed by atoms with Crippen molar-refractivity contribution in [1.29, 1.82) is 0 Å². The van der Waals surface area contributed by atoms with E-state index < -0.39 is 18.2 Å². The number of aromatic amines is 1. The number of hydrogen-bond acceptors (Lipinski definition) is 8. The third-order valence-corrected chi connectivity index (χ3v) is 8.94. The quantitative estimate of drug-likeness (QED) is 0.0674. The SMILES string of the molecule is COc1cc(CNC(=O)c2ccc(COc3cccc(C(NC(=O)O)c4ccccc4)c3)cc2)ccc1CNCC(O)c1ccc(O)c2[nH]c(=O)ccc12. The molecule has 0 radical (unpaired) electrons. The number of hydrogen-bond donors (Lipinski definition) is 7. The van der Waals surface area contributed by atoms with Crippen LogP contribution in [0.3, 0.4) is 0 Å². The molecule has 5 aromatic carbocycles. The molecule has 0 saturated carbocycles. The number of carbonyl (C=O) groups excluding carboxylic acids is 1. The number of phenols is 1. The number of aromatic nitrogens is 1. The molecule has 0 fully saturated rings. The second-order valence-electron chi connectivity index (χ2n) is 12.6. The monoisotopic (exact) mass is 728 g/mol. The number of nitrogens with one attached hydrogen (secondary N) is 4. The third kappa shape index (κ3) is 9.23. The maximum Gasteiger partial charge on any atom is 0.405 e. The molecule has 2 amide bonds. The Bertz CT molecular complexity index is 2290. The molecule has 1 heterocycles. The zero-order chi connectivity index (χ0) is 38.0. The van der Waals surface area contributed by atoms with E-state index in [1.165, 1.54) is 12.1 Å². The Hall–Kier alpha value is -6.63. The minimum atomic E-state index is -1.13. The van der Waals surface area contributed by atoms with E-state index in [0.29, 0.717) is 34.6 Å². The molecule has 12 nitrogen and oxygen atoms in total. The fraction of sp³-hybridized carbons (Fsp3) is 0.167. The van der Waals surface area contributed by atoms with E-state index in [0.717, 1.165) is 27.8 Å². The number of H-pyrrole nitrogens is 1. The Morgan fingerprint density at radius 2 is 1.57 bits per heavy atom. The van der Waals surface area contributed by atoms with Gasteiger partial charge in [0.05, 0.1) is 24.8 Å². The second kappa shape index (κ2) is 17.3. The lowest BCUT2D eigenvalue weighted by Gasteiger charge is -2.19. The Morgan fingerprint density at radius 1 is 0.815 bits per heavy atom. The van der Waals surface area contributed by atoms with Gasteiger partial charge in [0, 0.05) is 42.2 Å². The first-order valence-electron chi connectivity index (χ1n) is 17.2. The normalized spacial score (nSPS) is 12.1. The van der Waals surface area contributed by atoms with Crippen LogP contribution in [0.25, 0.3) is 10.9 Å². The molecule has 2 unspecified atom stereocenters. The van der Waals surface area contributed by atoms with Crippen LogP contribution in [0.5, 0.6) is 17.2 Å². The maximum atomic E-state index is 13.0. The van der Waals surface area contributed by atoms with Crippen LogP contribution < -0.4 is 31.0 Å². The lowest BCUT2D eigenvalue weighted by atomic mass is 9.98. The molecule has 54 heavy (non-hydrogen) atoms. The van der Waals surface area contributed by atoms with Crippen LogP contribution in [-0.2, 0) is 19.7 Å². The summed E-state index contributed by atoms with van der Waals surface area (Å²) in [5.41, 5.74) is 5.10. The smallest absolute Gasteiger partial charge is 0.405 e. The first-order chi connectivity index (χ1) is 26.2. The van der Waals surface area contributed by atoms with E-state index in [4.69, 9.17) is 9.47 Å². The predicted molar refractivity (Wildman–Crippen MR) is 204 cm³/mol. The van der Waals surface area contributed by atoms with Gasteiger partial charge >= 0.3 is 6.09 Å². The number of carboxylic acid groups (broad SMARTS) is 1. The van der Waals surface area contributed by atoms with Gasteiger partial charge in [-0.3, -0.25) is 9.59 Å². The average Bonchev–Trinajstić information content (AvgIpc) is 3.19. The molecule has 0 saturated heterocycles. The zero-order valence-electron chi connectivity index (χ0n) is 29.4. The largest absolute Gasteiger partial charge is 0.506 e. The van der Waals surface area contributed by atoms with E-state index in [9.17, 15) is 29.7 Å². The molecule has 7 N–H and O–H groups in total. The molecule has 0 aliphatic rings. The third-order valence-electron chi connectivity index (χ3n) is 8.94. The number of carbonyl (C=O) groups is 2. The van der Waals surface area contributed by atoms with Crippen LogP contribution in [0.1, 0.15) is 55.9 Å². The number of pyridine rings is 1. The van der Waals surface area contributed by atoms with Gasteiger partial charge < -0.3 is 45.7 Å². The summed E-state index contributed by atoms with van der Waals surface area (Å²) in [5, 5.41) is 39.7. The van der Waals surface area contributed by atoms with E-state index in [-0.39, 0.29) is 42.4 Å². The number of phenolic OH excluding ortho intramolecular Hbond substituents is 1. The number of fused-ring (bicyclic) bond motifs is 1. The van der Waals surface area contributed by atoms with Crippen molar-refractivity contribution in [3.8, 4) is 17.2 Å². The summed E-state index contributed by atoms with van der Waals surface area (Å²) in [6.45, 7) is 1.14. The van der Waals surface area contributed by atoms with Crippen LogP contribution in [0, 0.1) is 0 Å². The molecule has 12 heteroatoms. The van der Waals surface area contributed by atoms with Crippen LogP contribution in [0.4, 0.5) is 4.79 Å². The summed E-state index contributed by atoms with van der Waals surface area (Å²) >= 11 is 0. The van der Waals surface area contributed by atoms with E-state index in [1.54, 1.807) is 31.4 Å². The van der Waals surface area contributed by atoms with Crippen LogP contribution in [0.15, 0.2) is 126 Å². The molecule has 1 aromatic heterocycles. The van der Waals surface area contributed by atoms with Crippen molar-refractivity contribution in [2.24, 2.45) is 0 Å². The highest BCUT2D eigenvalue weighted by Gasteiger charge is 2.18. The van der Waals surface area contributed by atoms with Gasteiger partial charge in [-0.1, -0.05) is 72.8 Å². The summed E-state index contributed by atoms with van der Waals surface area (Å²) in [6, 6.07) is 34.8. The highest BCUT2D eigenvalue weighted by molar-refractivity contribution is 5.94. The number of methoxy groups -OCH3 is 1. The van der Waals surface area contributed by atoms with Gasteiger partial charge in [-0.25, -0.2) is 4.79 Å². The summed E-state index contributed by atoms with van der Waals surface area (Å²) in [5.74, 6) is 0.900. The Kier molecular flexibility index (Phi) is 11.9. The maximum absolute atomic E-state index is 13.0. The lowest BCUT2D eigenvalue weighted by Crippen LogP contribution is -2.27. The molecule has 2 atom stereocenters. The fourth-order valence-corrected chi connectivity index (χ4v) is 6.16. The van der Waals surface area contributed by atoms with E-state index in [1.807, 2.05) is 84.9 Å². The minimum absolute atomic E-state index is 0.0700. The number of amides is 2. The molecule has 0 aliphatic heterocycles. The predicted octanol–water partition coefficient (Wildman–Crippen LogP) is 5.93. The molecule has 276 valence electrons. The molecular weight excluding hydrogens is 688 g/mol. The van der Waals surface area contributed by atoms with Gasteiger partial charge in [-0.05, 0) is 70.3 Å². The number of ether oxygens (including phenoxy) is 2. The number of aliphatic hydroxyl groups excluding tert-OH is 1. The van der Waals surface area contributed by atoms with Crippen molar-refractivity contribution < 1.29 is 34.4 Å². The molecule has 0 aliphatic carbocycles. The average molecular weight is 729 g/mol. The molecule has 6 aromatic rings. The van der Waals surface area contributed by atoms with Gasteiger partial charge in [-0.2, -0.15) is 0 Å². The number of rotatable bonds is 15. The Balaban J connectivity index is 0.997. The number of aromatic hydroxyl groups is 1. The minimum Gasteiger partial charge on any atom is -0.506 e. The van der Waals surface area contributed by atoms with Crippen molar-refractivity contribution in [3.05, 3.63) is 171 Å². The van der Waals surface area contributed by atoms with Gasteiger partial charge in [-0.15, -0.1) is 0 Å². The lowest BCUT2D eigenvalue weighted by molar-refractivity contribution is 0.0950. The number of aliphatic hydroxyl groups is 1. The van der Waals surface area contributed by atoms with Crippen LogP contribution >= 0.6 is 0 Å². The van der Waals surface area contributed by atoms with Crippen molar-refractivity contribution in [2.75, 3.05) is 13.7 Å². The van der Waals surface area contributed by atoms with Crippen molar-refractivity contribution >= 4 is 22.9 Å². The zero-order valence-corrected chi connectivity index (χ0v) is 29.4. The van der Waals surface area contributed by atoms with Crippen LogP contribution in [0.2, 0.25) is 0 Å². The van der Waals surface area contributed by atoms with Gasteiger partial charge in [0.2, 0.25) is 5.56 Å². The van der Waals surface area contributed by atoms with Crippen LogP contribution in [-0.4, -0.2) is 46.0 Å². The summed E-state index contributed by atoms with van der Waals surface area (Å²) < 4.78 is 11.6. The molecule has 0 bridgehead atoms. The molecule has 0 spiro atoms. The first kappa shape index (κ1) is 37.1. The fourth-order valence-electron chi connectivity index (χ4n) is 6.16. The Labute approximate surface area is 311 Å². The van der Waals surface area contributed by atoms with Crippen molar-refractivity contribution in [2.45, 2.75) is 31.8 Å². The molecule has 6 rings (SSSR count). The summed E-state index contributed by atoms with van der Waals surface area (Å²) in [7, 11) is 1.57. The standard InChI is InChI=1S/C42H40N4O8/c1-53-37-20-27(12-15-31(37)23-43-24-36(48)33-16-18-35(47)40-34(33)17-19-38(49)45-40)22-44-41(50)29-13-10-26(11-14-29)25-54-32-9-5-8-30(21-32)39(46-42(51)52)28-6-3-2-4-7-28/h2-21,36,39,43,46-48H,22-25H2,1H3,(H,44,50)(H,45,49)(H,51,52). The van der Waals surface area contributed by atoms with Gasteiger partial charge in [0.15, 0.2) is 0 Å². The highest BCUT2D eigenvalue weighted by Crippen LogP contribution is 2.29. The van der Waals surface area contributed by atoms with E-state index in [2.05, 4.69) is 20.9 Å². The number of benzene rings is 5. The summed E-state index contributed by atoms with van der Waals surface area (Å²) in [6.07, 6.45) is -2.03. The molecular formula is C42H40N4O8. The van der Waals surface area contributed by atoms with Gasteiger partial charge in [0.1, 0.15) is 23.9 Å². The second-order valence-corrected chi connectivity index (χ2v) is 12.6.